The maximum absolute atomic E-state index is 12.2. The van der Waals surface area contributed by atoms with Crippen LogP contribution in [0.3, 0.4) is 0 Å². The number of likely N-dealkylation sites (N-methyl/N-ethyl adjacent to an activating group) is 1. The molecule has 9 heteroatoms. The van der Waals surface area contributed by atoms with Crippen LogP contribution in [0.25, 0.3) is 5.65 Å². The molecule has 25 heavy (non-hydrogen) atoms. The summed E-state index contributed by atoms with van der Waals surface area (Å²) >= 11 is 0. The first kappa shape index (κ1) is 16.9. The van der Waals surface area contributed by atoms with E-state index in [1.165, 1.54) is 16.4 Å². The summed E-state index contributed by atoms with van der Waals surface area (Å²) in [5, 5.41) is 18.9. The summed E-state index contributed by atoms with van der Waals surface area (Å²) in [6, 6.07) is 3.40. The van der Waals surface area contributed by atoms with Gasteiger partial charge >= 0.3 is 0 Å². The van der Waals surface area contributed by atoms with Crippen LogP contribution in [0.1, 0.15) is 23.4 Å². The molecule has 0 aliphatic rings. The van der Waals surface area contributed by atoms with Gasteiger partial charge in [0.15, 0.2) is 12.3 Å². The highest BCUT2D eigenvalue weighted by Crippen LogP contribution is 2.12. The Morgan fingerprint density at radius 1 is 1.36 bits per heavy atom. The number of nitrogens with one attached hydrogen (secondary N) is 1. The number of carbonyl (C=O) groups excluding carboxylic acids is 1. The second-order valence-corrected chi connectivity index (χ2v) is 5.93. The van der Waals surface area contributed by atoms with Gasteiger partial charge in [-0.15, -0.1) is 15.3 Å². The molecule has 1 N–H and O–H groups in total. The molecule has 0 bridgehead atoms. The van der Waals surface area contributed by atoms with Crippen molar-refractivity contribution in [3.8, 4) is 5.88 Å². The molecule has 0 saturated carbocycles. The second kappa shape index (κ2) is 7.29. The maximum atomic E-state index is 12.2. The van der Waals surface area contributed by atoms with Crippen LogP contribution in [0.4, 0.5) is 0 Å². The van der Waals surface area contributed by atoms with E-state index in [2.05, 4.69) is 25.5 Å². The smallest absolute Gasteiger partial charge is 0.260 e. The molecular formula is C16H21N7O2. The maximum Gasteiger partial charge on any atom is 0.260 e. The van der Waals surface area contributed by atoms with Gasteiger partial charge in [-0.3, -0.25) is 9.89 Å². The first-order valence-corrected chi connectivity index (χ1v) is 8.09. The summed E-state index contributed by atoms with van der Waals surface area (Å²) in [7, 11) is 1.77. The number of hydrogen-bond acceptors (Lipinski definition) is 6. The van der Waals surface area contributed by atoms with Crippen molar-refractivity contribution < 1.29 is 9.53 Å². The van der Waals surface area contributed by atoms with Gasteiger partial charge in [0.2, 0.25) is 5.88 Å². The van der Waals surface area contributed by atoms with Crippen LogP contribution in [0.5, 0.6) is 5.88 Å². The van der Waals surface area contributed by atoms with Crippen LogP contribution in [-0.4, -0.2) is 61.0 Å². The zero-order chi connectivity index (χ0) is 17.8. The largest absolute Gasteiger partial charge is 0.467 e. The fourth-order valence-electron chi connectivity index (χ4n) is 2.59. The van der Waals surface area contributed by atoms with Crippen LogP contribution in [-0.2, 0) is 11.2 Å². The minimum atomic E-state index is -0.0914. The van der Waals surface area contributed by atoms with Crippen molar-refractivity contribution in [2.75, 3.05) is 20.2 Å². The number of aryl methyl sites for hydroxylation is 2. The van der Waals surface area contributed by atoms with Crippen molar-refractivity contribution in [2.24, 2.45) is 0 Å². The van der Waals surface area contributed by atoms with Crippen molar-refractivity contribution in [3.05, 3.63) is 35.4 Å². The Hall–Kier alpha value is -2.97. The van der Waals surface area contributed by atoms with E-state index < -0.39 is 0 Å². The second-order valence-electron chi connectivity index (χ2n) is 5.93. The monoisotopic (exact) mass is 343 g/mol. The average Bonchev–Trinajstić information content (AvgIpc) is 3.20. The third kappa shape index (κ3) is 3.93. The van der Waals surface area contributed by atoms with Crippen LogP contribution in [0.2, 0.25) is 0 Å². The van der Waals surface area contributed by atoms with E-state index >= 15 is 0 Å². The summed E-state index contributed by atoms with van der Waals surface area (Å²) < 4.78 is 6.96. The molecule has 0 unspecified atom stereocenters. The number of nitrogens with zero attached hydrogens (tertiary/aromatic N) is 6. The van der Waals surface area contributed by atoms with Crippen LogP contribution >= 0.6 is 0 Å². The van der Waals surface area contributed by atoms with Gasteiger partial charge in [0.1, 0.15) is 6.33 Å². The molecule has 0 radical (unpaired) electrons. The third-order valence-corrected chi connectivity index (χ3v) is 4.11. The van der Waals surface area contributed by atoms with Gasteiger partial charge in [-0.25, -0.2) is 0 Å². The molecule has 3 rings (SSSR count). The fraction of sp³-hybridized carbons (Fsp3) is 0.438. The normalized spacial score (nSPS) is 11.0. The first-order valence-electron chi connectivity index (χ1n) is 8.09. The Labute approximate surface area is 145 Å². The molecule has 3 aromatic rings. The van der Waals surface area contributed by atoms with Gasteiger partial charge in [0, 0.05) is 25.4 Å². The van der Waals surface area contributed by atoms with Crippen molar-refractivity contribution in [3.63, 3.8) is 0 Å². The zero-order valence-electron chi connectivity index (χ0n) is 14.6. The Kier molecular flexibility index (Phi) is 4.92. The van der Waals surface area contributed by atoms with E-state index in [9.17, 15) is 4.79 Å². The van der Waals surface area contributed by atoms with Crippen molar-refractivity contribution in [2.45, 2.75) is 26.7 Å². The zero-order valence-corrected chi connectivity index (χ0v) is 14.6. The average molecular weight is 343 g/mol. The summed E-state index contributed by atoms with van der Waals surface area (Å²) in [5.41, 5.74) is 3.96. The highest BCUT2D eigenvalue weighted by molar-refractivity contribution is 5.77. The minimum Gasteiger partial charge on any atom is -0.467 e. The molecule has 1 amide bonds. The molecule has 0 saturated heterocycles. The lowest BCUT2D eigenvalue weighted by Gasteiger charge is -2.17. The van der Waals surface area contributed by atoms with E-state index in [4.69, 9.17) is 4.74 Å². The molecule has 0 fully saturated rings. The molecule has 132 valence electrons. The van der Waals surface area contributed by atoms with E-state index in [1.54, 1.807) is 24.1 Å². The lowest BCUT2D eigenvalue weighted by atomic mass is 10.1. The number of H-pyrrole nitrogens is 1. The van der Waals surface area contributed by atoms with Gasteiger partial charge in [0.05, 0.1) is 5.69 Å². The number of hydrogen-bond donors (Lipinski definition) is 1. The summed E-state index contributed by atoms with van der Waals surface area (Å²) in [5.74, 6) is 0.269. The lowest BCUT2D eigenvalue weighted by molar-refractivity contribution is -0.132. The number of aromatic amines is 1. The lowest BCUT2D eigenvalue weighted by Crippen LogP contribution is -2.32. The molecule has 0 aliphatic carbocycles. The number of rotatable bonds is 7. The number of aromatic nitrogens is 6. The number of fused-ring (bicyclic) bond motifs is 1. The summed E-state index contributed by atoms with van der Waals surface area (Å²) in [4.78, 5) is 13.8. The summed E-state index contributed by atoms with van der Waals surface area (Å²) in [6.45, 7) is 4.60. The predicted molar refractivity (Wildman–Crippen MR) is 90.3 cm³/mol. The molecule has 3 heterocycles. The quantitative estimate of drug-likeness (QED) is 0.685. The van der Waals surface area contributed by atoms with Gasteiger partial charge < -0.3 is 9.64 Å². The van der Waals surface area contributed by atoms with Crippen molar-refractivity contribution >= 4 is 11.6 Å². The standard InChI is InChI=1S/C16H21N7O2/c1-11-13(12(2)19-18-11)5-4-8-22(3)16(24)9-25-15-7-6-14-20-17-10-23(14)21-15/h6-7,10H,4-5,8-9H2,1-3H3,(H,18,19). The molecule has 0 spiro atoms. The van der Waals surface area contributed by atoms with Crippen molar-refractivity contribution in [1.29, 1.82) is 0 Å². The van der Waals surface area contributed by atoms with Crippen LogP contribution in [0.15, 0.2) is 18.5 Å². The Morgan fingerprint density at radius 3 is 2.96 bits per heavy atom. The van der Waals surface area contributed by atoms with Gasteiger partial charge in [-0.05, 0) is 38.3 Å². The van der Waals surface area contributed by atoms with Gasteiger partial charge in [-0.1, -0.05) is 0 Å². The highest BCUT2D eigenvalue weighted by Gasteiger charge is 2.12. The Bertz CT molecular complexity index is 851. The molecule has 0 aliphatic heterocycles. The van der Waals surface area contributed by atoms with Crippen LogP contribution in [0, 0.1) is 13.8 Å². The Balaban J connectivity index is 1.45. The number of ether oxygens (including phenoxy) is 1. The molecule has 0 atom stereocenters. The summed E-state index contributed by atoms with van der Waals surface area (Å²) in [6.07, 6.45) is 3.24. The van der Waals surface area contributed by atoms with Crippen LogP contribution < -0.4 is 4.74 Å². The molecule has 3 aromatic heterocycles. The molecule has 9 nitrogen and oxygen atoms in total. The van der Waals surface area contributed by atoms with Gasteiger partial charge in [0.25, 0.3) is 5.91 Å². The van der Waals surface area contributed by atoms with Crippen molar-refractivity contribution in [1.82, 2.24) is 34.9 Å². The Morgan fingerprint density at radius 2 is 2.20 bits per heavy atom. The third-order valence-electron chi connectivity index (χ3n) is 4.11. The predicted octanol–water partition coefficient (Wildman–Crippen LogP) is 0.934. The number of carbonyl (C=O) groups is 1. The highest BCUT2D eigenvalue weighted by atomic mass is 16.5. The van der Waals surface area contributed by atoms with E-state index in [-0.39, 0.29) is 12.5 Å². The topological polar surface area (TPSA) is 101 Å². The number of amides is 1. The first-order chi connectivity index (χ1) is 12.0. The molecular weight excluding hydrogens is 322 g/mol. The van der Waals surface area contributed by atoms with E-state index in [0.29, 0.717) is 18.1 Å². The van der Waals surface area contributed by atoms with Gasteiger partial charge in [-0.2, -0.15) is 9.61 Å². The molecule has 0 aromatic carbocycles. The van der Waals surface area contributed by atoms with E-state index in [1.807, 2.05) is 13.8 Å². The minimum absolute atomic E-state index is 0.0547. The van der Waals surface area contributed by atoms with E-state index in [0.717, 1.165) is 24.2 Å². The fourth-order valence-corrected chi connectivity index (χ4v) is 2.59. The SMILES string of the molecule is Cc1n[nH]c(C)c1CCCN(C)C(=O)COc1ccc2nncn2n1.